The molecule has 2 atom stereocenters. The number of hydrogen-bond acceptors (Lipinski definition) is 1. The first kappa shape index (κ1) is 10.4. The van der Waals surface area contributed by atoms with Gasteiger partial charge in [-0.25, -0.2) is 0 Å². The topological polar surface area (TPSA) is 26.0 Å². The van der Waals surface area contributed by atoms with E-state index in [1.807, 2.05) is 6.08 Å². The van der Waals surface area contributed by atoms with Crippen LogP contribution in [-0.4, -0.2) is 6.04 Å². The zero-order valence-corrected chi connectivity index (χ0v) is 9.15. The summed E-state index contributed by atoms with van der Waals surface area (Å²) in [6.07, 6.45) is 6.52. The second kappa shape index (κ2) is 4.63. The van der Waals surface area contributed by atoms with E-state index in [2.05, 4.69) is 30.8 Å². The van der Waals surface area contributed by atoms with E-state index >= 15 is 0 Å². The predicted octanol–water partition coefficient (Wildman–Crippen LogP) is 3.01. The van der Waals surface area contributed by atoms with Crippen molar-refractivity contribution in [2.45, 2.75) is 37.6 Å². The molecule has 0 amide bonds. The molecule has 0 saturated heterocycles. The summed E-state index contributed by atoms with van der Waals surface area (Å²) in [5.41, 5.74) is 9.16. The number of allylic oxidation sites excluding steroid dienone is 1. The molecule has 0 saturated carbocycles. The molecule has 2 unspecified atom stereocenters. The van der Waals surface area contributed by atoms with Crippen molar-refractivity contribution < 1.29 is 0 Å². The second-order valence-electron chi connectivity index (χ2n) is 4.39. The van der Waals surface area contributed by atoms with Crippen LogP contribution in [0.5, 0.6) is 0 Å². The van der Waals surface area contributed by atoms with Gasteiger partial charge in [-0.05, 0) is 36.8 Å². The summed E-state index contributed by atoms with van der Waals surface area (Å²) in [6, 6.07) is 8.98. The number of rotatable bonds is 5. The van der Waals surface area contributed by atoms with E-state index in [-0.39, 0.29) is 0 Å². The zero-order chi connectivity index (χ0) is 10.7. The molecule has 2 N–H and O–H groups in total. The van der Waals surface area contributed by atoms with Gasteiger partial charge in [-0.15, -0.1) is 6.58 Å². The van der Waals surface area contributed by atoms with Crippen LogP contribution in [0.1, 0.15) is 36.3 Å². The van der Waals surface area contributed by atoms with Crippen molar-refractivity contribution >= 4 is 0 Å². The molecule has 1 aliphatic carbocycles. The maximum Gasteiger partial charge on any atom is 0.0111 e. The first-order valence-corrected chi connectivity index (χ1v) is 5.77. The van der Waals surface area contributed by atoms with Crippen LogP contribution in [0.15, 0.2) is 36.9 Å². The van der Waals surface area contributed by atoms with E-state index in [0.29, 0.717) is 12.0 Å². The molecule has 2 rings (SSSR count). The molecular weight excluding hydrogens is 182 g/mol. The lowest BCUT2D eigenvalue weighted by molar-refractivity contribution is 0.449. The van der Waals surface area contributed by atoms with Gasteiger partial charge in [0.25, 0.3) is 0 Å². The van der Waals surface area contributed by atoms with Gasteiger partial charge >= 0.3 is 0 Å². The number of benzene rings is 1. The van der Waals surface area contributed by atoms with Crippen LogP contribution in [0.4, 0.5) is 0 Å². The van der Waals surface area contributed by atoms with Gasteiger partial charge in [0.2, 0.25) is 0 Å². The van der Waals surface area contributed by atoms with Crippen LogP contribution in [0.25, 0.3) is 0 Å². The van der Waals surface area contributed by atoms with Gasteiger partial charge in [-0.2, -0.15) is 0 Å². The van der Waals surface area contributed by atoms with Crippen molar-refractivity contribution in [3.63, 3.8) is 0 Å². The van der Waals surface area contributed by atoms with Crippen molar-refractivity contribution in [2.75, 3.05) is 0 Å². The fourth-order valence-electron chi connectivity index (χ4n) is 2.38. The molecule has 80 valence electrons. The number of fused-ring (bicyclic) bond motifs is 1. The Kier molecular flexibility index (Phi) is 3.22. The van der Waals surface area contributed by atoms with Crippen LogP contribution in [-0.2, 0) is 6.42 Å². The Labute approximate surface area is 92.0 Å². The van der Waals surface area contributed by atoms with Crippen molar-refractivity contribution in [2.24, 2.45) is 5.73 Å². The molecule has 1 aromatic carbocycles. The predicted molar refractivity (Wildman–Crippen MR) is 64.9 cm³/mol. The molecule has 1 heteroatoms. The minimum absolute atomic E-state index is 0.333. The fraction of sp³-hybridized carbons (Fsp3) is 0.429. The van der Waals surface area contributed by atoms with Crippen LogP contribution >= 0.6 is 0 Å². The molecule has 0 fully saturated rings. The molecule has 0 aliphatic heterocycles. The molecule has 0 bridgehead atoms. The molecular formula is C14H19N. The Bertz CT molecular complexity index is 343. The molecule has 1 aromatic rings. The minimum atomic E-state index is 0.333. The first-order valence-electron chi connectivity index (χ1n) is 5.77. The second-order valence-corrected chi connectivity index (χ2v) is 4.39. The summed E-state index contributed by atoms with van der Waals surface area (Å²) in [7, 11) is 0. The average molecular weight is 201 g/mol. The Morgan fingerprint density at radius 3 is 3.00 bits per heavy atom. The largest absolute Gasteiger partial charge is 0.327 e. The van der Waals surface area contributed by atoms with Gasteiger partial charge in [0.15, 0.2) is 0 Å². The van der Waals surface area contributed by atoms with Crippen LogP contribution in [0, 0.1) is 0 Å². The Balaban J connectivity index is 1.89. The molecule has 1 nitrogen and oxygen atoms in total. The highest BCUT2D eigenvalue weighted by molar-refractivity contribution is 5.41. The third-order valence-electron chi connectivity index (χ3n) is 3.36. The molecule has 15 heavy (non-hydrogen) atoms. The van der Waals surface area contributed by atoms with Crippen molar-refractivity contribution in [1.82, 2.24) is 0 Å². The highest BCUT2D eigenvalue weighted by Gasteiger charge is 2.29. The number of unbranched alkanes of at least 4 members (excludes halogenated alkanes) is 1. The quantitative estimate of drug-likeness (QED) is 0.575. The average Bonchev–Trinajstić information content (AvgIpc) is 2.20. The third-order valence-corrected chi connectivity index (χ3v) is 3.36. The lowest BCUT2D eigenvalue weighted by atomic mass is 9.72. The van der Waals surface area contributed by atoms with Crippen molar-refractivity contribution in [3.05, 3.63) is 48.0 Å². The van der Waals surface area contributed by atoms with E-state index in [4.69, 9.17) is 5.73 Å². The van der Waals surface area contributed by atoms with E-state index in [1.165, 1.54) is 24.0 Å². The smallest absolute Gasteiger partial charge is 0.0111 e. The SMILES string of the molecule is C=CCCCC(N)C1Cc2ccccc21. The highest BCUT2D eigenvalue weighted by atomic mass is 14.7. The normalized spacial score (nSPS) is 20.2. The molecule has 0 radical (unpaired) electrons. The Morgan fingerprint density at radius 2 is 2.27 bits per heavy atom. The van der Waals surface area contributed by atoms with Crippen LogP contribution in [0.2, 0.25) is 0 Å². The van der Waals surface area contributed by atoms with Gasteiger partial charge in [0, 0.05) is 12.0 Å². The standard InChI is InChI=1S/C14H19N/c1-2-3-4-9-14(15)13-10-11-7-5-6-8-12(11)13/h2,5-8,13-14H,1,3-4,9-10,15H2. The van der Waals surface area contributed by atoms with E-state index < -0.39 is 0 Å². The van der Waals surface area contributed by atoms with E-state index in [1.54, 1.807) is 0 Å². The van der Waals surface area contributed by atoms with E-state index in [9.17, 15) is 0 Å². The summed E-state index contributed by atoms with van der Waals surface area (Å²) in [5, 5.41) is 0. The van der Waals surface area contributed by atoms with Gasteiger partial charge in [0.05, 0.1) is 0 Å². The van der Waals surface area contributed by atoms with Gasteiger partial charge < -0.3 is 5.73 Å². The lowest BCUT2D eigenvalue weighted by Gasteiger charge is -2.34. The van der Waals surface area contributed by atoms with Gasteiger partial charge in [-0.3, -0.25) is 0 Å². The van der Waals surface area contributed by atoms with Crippen molar-refractivity contribution in [3.8, 4) is 0 Å². The number of nitrogens with two attached hydrogens (primary N) is 1. The van der Waals surface area contributed by atoms with Gasteiger partial charge in [-0.1, -0.05) is 30.3 Å². The monoisotopic (exact) mass is 201 g/mol. The lowest BCUT2D eigenvalue weighted by Crippen LogP contribution is -2.35. The Morgan fingerprint density at radius 1 is 1.47 bits per heavy atom. The molecule has 1 aliphatic rings. The highest BCUT2D eigenvalue weighted by Crippen LogP contribution is 2.37. The van der Waals surface area contributed by atoms with Gasteiger partial charge in [0.1, 0.15) is 0 Å². The summed E-state index contributed by atoms with van der Waals surface area (Å²) in [6.45, 7) is 3.73. The van der Waals surface area contributed by atoms with Crippen molar-refractivity contribution in [1.29, 1.82) is 0 Å². The molecule has 0 spiro atoms. The maximum atomic E-state index is 6.20. The summed E-state index contributed by atoms with van der Waals surface area (Å²) in [5.74, 6) is 0.603. The van der Waals surface area contributed by atoms with Crippen LogP contribution in [0.3, 0.4) is 0 Å². The van der Waals surface area contributed by atoms with Crippen LogP contribution < -0.4 is 5.73 Å². The summed E-state index contributed by atoms with van der Waals surface area (Å²) in [4.78, 5) is 0. The fourth-order valence-corrected chi connectivity index (χ4v) is 2.38. The molecule has 0 heterocycles. The summed E-state index contributed by atoms with van der Waals surface area (Å²) < 4.78 is 0. The molecule has 0 aromatic heterocycles. The first-order chi connectivity index (χ1) is 7.33. The van der Waals surface area contributed by atoms with E-state index in [0.717, 1.165) is 12.8 Å². The minimum Gasteiger partial charge on any atom is -0.327 e. The summed E-state index contributed by atoms with van der Waals surface area (Å²) >= 11 is 0. The number of hydrogen-bond donors (Lipinski definition) is 1. The Hall–Kier alpha value is -1.08. The third kappa shape index (κ3) is 2.13. The maximum absolute atomic E-state index is 6.20. The zero-order valence-electron chi connectivity index (χ0n) is 9.15.